The number of carbonyl (C=O) groups is 1. The van der Waals surface area contributed by atoms with Crippen LogP contribution in [-0.4, -0.2) is 47.7 Å². The maximum atomic E-state index is 12.6. The second-order valence-electron chi connectivity index (χ2n) is 5.42. The van der Waals surface area contributed by atoms with Crippen LogP contribution in [0.3, 0.4) is 0 Å². The van der Waals surface area contributed by atoms with E-state index in [4.69, 9.17) is 0 Å². The van der Waals surface area contributed by atoms with Gasteiger partial charge in [-0.25, -0.2) is 0 Å². The fourth-order valence-corrected chi connectivity index (χ4v) is 2.61. The molecule has 0 fully saturated rings. The first kappa shape index (κ1) is 13.5. The maximum absolute atomic E-state index is 12.6. The molecule has 2 aromatic rings. The Morgan fingerprint density at radius 3 is 2.52 bits per heavy atom. The Bertz CT molecular complexity index is 734. The van der Waals surface area contributed by atoms with Crippen molar-refractivity contribution >= 4 is 5.91 Å². The Morgan fingerprint density at radius 2 is 1.90 bits per heavy atom. The fourth-order valence-electron chi connectivity index (χ4n) is 2.61. The maximum Gasteiger partial charge on any atom is 0.275 e. The van der Waals surface area contributed by atoms with Gasteiger partial charge in [0.1, 0.15) is 18.3 Å². The molecule has 1 amide bonds. The van der Waals surface area contributed by atoms with Gasteiger partial charge in [-0.05, 0) is 20.8 Å². The van der Waals surface area contributed by atoms with Gasteiger partial charge in [0.15, 0.2) is 0 Å². The zero-order valence-electron chi connectivity index (χ0n) is 12.1. The normalized spacial score (nSPS) is 18.2. The summed E-state index contributed by atoms with van der Waals surface area (Å²) < 4.78 is 3.31. The van der Waals surface area contributed by atoms with Crippen LogP contribution in [0.15, 0.2) is 23.5 Å². The molecule has 3 rings (SSSR count). The molecule has 8 nitrogen and oxygen atoms in total. The third-order valence-corrected chi connectivity index (χ3v) is 3.60. The highest BCUT2D eigenvalue weighted by atomic mass is 16.2. The number of rotatable bonds is 2. The average Bonchev–Trinajstić information content (AvgIpc) is 2.95. The zero-order valence-corrected chi connectivity index (χ0v) is 12.1. The lowest BCUT2D eigenvalue weighted by molar-refractivity contribution is 0.0611. The first-order chi connectivity index (χ1) is 9.99. The van der Waals surface area contributed by atoms with Crippen molar-refractivity contribution in [3.63, 3.8) is 0 Å². The van der Waals surface area contributed by atoms with Gasteiger partial charge in [-0.3, -0.25) is 14.2 Å². The van der Waals surface area contributed by atoms with Gasteiger partial charge in [0.05, 0.1) is 6.04 Å². The van der Waals surface area contributed by atoms with Gasteiger partial charge in [0, 0.05) is 18.7 Å². The predicted octanol–water partition coefficient (Wildman–Crippen LogP) is 0.249. The molecule has 21 heavy (non-hydrogen) atoms. The van der Waals surface area contributed by atoms with E-state index in [0.717, 1.165) is 0 Å². The molecule has 0 bridgehead atoms. The molecule has 0 N–H and O–H groups in total. The molecule has 110 valence electrons. The minimum absolute atomic E-state index is 0.00519. The van der Waals surface area contributed by atoms with Crippen molar-refractivity contribution in [2.75, 3.05) is 6.54 Å². The molecule has 0 radical (unpaired) electrons. The number of carbonyl (C=O) groups excluding carboxylic acids is 1. The van der Waals surface area contributed by atoms with Crippen molar-refractivity contribution in [1.82, 2.24) is 29.2 Å². The molecule has 2 aromatic heterocycles. The molecule has 0 aromatic carbocycles. The molecule has 0 saturated heterocycles. The summed E-state index contributed by atoms with van der Waals surface area (Å²) in [5, 5.41) is 7.45. The van der Waals surface area contributed by atoms with Crippen LogP contribution in [0.5, 0.6) is 0 Å². The zero-order chi connectivity index (χ0) is 15.1. The number of hydrogen-bond donors (Lipinski definition) is 0. The third-order valence-electron chi connectivity index (χ3n) is 3.60. The third kappa shape index (κ3) is 2.12. The van der Waals surface area contributed by atoms with Crippen molar-refractivity contribution in [1.29, 1.82) is 0 Å². The molecule has 1 aliphatic rings. The topological polar surface area (TPSA) is 85.9 Å². The molecule has 1 aliphatic heterocycles. The molecule has 0 unspecified atom stereocenters. The van der Waals surface area contributed by atoms with Crippen molar-refractivity contribution in [3.8, 4) is 5.95 Å². The predicted molar refractivity (Wildman–Crippen MR) is 74.3 cm³/mol. The summed E-state index contributed by atoms with van der Waals surface area (Å²) in [5.74, 6) is 0.212. The van der Waals surface area contributed by atoms with Gasteiger partial charge in [-0.2, -0.15) is 4.98 Å². The summed E-state index contributed by atoms with van der Waals surface area (Å²) in [7, 11) is 0. The van der Waals surface area contributed by atoms with E-state index in [1.54, 1.807) is 14.0 Å². The van der Waals surface area contributed by atoms with Gasteiger partial charge in [0.25, 0.3) is 11.5 Å². The van der Waals surface area contributed by atoms with E-state index in [1.165, 1.54) is 18.7 Å². The molecule has 8 heteroatoms. The largest absolute Gasteiger partial charge is 0.333 e. The smallest absolute Gasteiger partial charge is 0.275 e. The Balaban J connectivity index is 2.23. The quantitative estimate of drug-likeness (QED) is 0.790. The molecule has 0 aliphatic carbocycles. The van der Waals surface area contributed by atoms with Crippen LogP contribution in [0.1, 0.15) is 37.3 Å². The van der Waals surface area contributed by atoms with E-state index in [-0.39, 0.29) is 18.0 Å². The first-order valence-electron chi connectivity index (χ1n) is 6.78. The Labute approximate surface area is 121 Å². The fraction of sp³-hybridized carbons (Fsp3) is 0.462. The van der Waals surface area contributed by atoms with Crippen LogP contribution in [0, 0.1) is 0 Å². The van der Waals surface area contributed by atoms with Crippen molar-refractivity contribution in [2.24, 2.45) is 0 Å². The van der Waals surface area contributed by atoms with E-state index in [1.807, 2.05) is 20.8 Å². The van der Waals surface area contributed by atoms with Crippen molar-refractivity contribution in [2.45, 2.75) is 32.9 Å². The van der Waals surface area contributed by atoms with E-state index in [9.17, 15) is 9.59 Å². The summed E-state index contributed by atoms with van der Waals surface area (Å²) in [6.45, 7) is 6.48. The summed E-state index contributed by atoms with van der Waals surface area (Å²) in [4.78, 5) is 30.2. The molecule has 3 heterocycles. The first-order valence-corrected chi connectivity index (χ1v) is 6.78. The second-order valence-corrected chi connectivity index (χ2v) is 5.42. The summed E-state index contributed by atoms with van der Waals surface area (Å²) in [5.41, 5.74) is -0.0951. The van der Waals surface area contributed by atoms with Crippen LogP contribution in [0.25, 0.3) is 5.95 Å². The summed E-state index contributed by atoms with van der Waals surface area (Å²) in [6, 6.07) is 1.38. The highest BCUT2D eigenvalue weighted by molar-refractivity contribution is 5.93. The van der Waals surface area contributed by atoms with Crippen LogP contribution in [0.4, 0.5) is 0 Å². The highest BCUT2D eigenvalue weighted by Gasteiger charge is 2.32. The van der Waals surface area contributed by atoms with Crippen molar-refractivity contribution < 1.29 is 4.79 Å². The van der Waals surface area contributed by atoms with Gasteiger partial charge < -0.3 is 9.47 Å². The minimum atomic E-state index is -0.448. The van der Waals surface area contributed by atoms with E-state index in [0.29, 0.717) is 18.2 Å². The average molecular weight is 288 g/mol. The van der Waals surface area contributed by atoms with Gasteiger partial charge >= 0.3 is 0 Å². The monoisotopic (exact) mass is 288 g/mol. The lowest BCUT2D eigenvalue weighted by atomic mass is 10.1. The second kappa shape index (κ2) is 4.80. The van der Waals surface area contributed by atoms with Crippen LogP contribution < -0.4 is 5.56 Å². The van der Waals surface area contributed by atoms with Crippen molar-refractivity contribution in [3.05, 3.63) is 34.8 Å². The van der Waals surface area contributed by atoms with Gasteiger partial charge in [-0.15, -0.1) is 10.2 Å². The molecule has 0 spiro atoms. The minimum Gasteiger partial charge on any atom is -0.333 e. The number of hydrogen-bond acceptors (Lipinski definition) is 5. The molecule has 0 saturated carbocycles. The van der Waals surface area contributed by atoms with Crippen LogP contribution in [0.2, 0.25) is 0 Å². The number of amides is 1. The Morgan fingerprint density at radius 1 is 1.24 bits per heavy atom. The van der Waals surface area contributed by atoms with Gasteiger partial charge in [0.2, 0.25) is 5.95 Å². The summed E-state index contributed by atoms with van der Waals surface area (Å²) in [6.07, 6.45) is 2.92. The van der Waals surface area contributed by atoms with E-state index < -0.39 is 5.56 Å². The van der Waals surface area contributed by atoms with E-state index >= 15 is 0 Å². The molecule has 1 atom stereocenters. The van der Waals surface area contributed by atoms with E-state index in [2.05, 4.69) is 15.2 Å². The lowest BCUT2D eigenvalue weighted by Gasteiger charge is -2.37. The van der Waals surface area contributed by atoms with Crippen LogP contribution >= 0.6 is 0 Å². The van der Waals surface area contributed by atoms with Gasteiger partial charge in [-0.1, -0.05) is 0 Å². The Kier molecular flexibility index (Phi) is 3.08. The molecular formula is C13H16N6O2. The molecular weight excluding hydrogens is 272 g/mol. The highest BCUT2D eigenvalue weighted by Crippen LogP contribution is 2.24. The number of fused-ring (bicyclic) bond motifs is 1. The van der Waals surface area contributed by atoms with Crippen LogP contribution in [-0.2, 0) is 0 Å². The Hall–Kier alpha value is -2.51. The lowest BCUT2D eigenvalue weighted by Crippen LogP contribution is -2.47. The SMILES string of the molecule is CC(C)N1C[C@H](C)n2c(cc(=O)nc2-n2cnnc2)C1=O. The standard InChI is InChI=1S/C13H16N6O2/c1-8(2)18-5-9(3)19-10(12(18)21)4-11(20)16-13(19)17-6-14-15-7-17/h4,6-9H,5H2,1-3H3/t9-/m0/s1. The number of nitrogens with zero attached hydrogens (tertiary/aromatic N) is 6. The number of aromatic nitrogens is 5. The summed E-state index contributed by atoms with van der Waals surface area (Å²) >= 11 is 0.